The van der Waals surface area contributed by atoms with Crippen LogP contribution < -0.4 is 5.73 Å². The topological polar surface area (TPSA) is 101 Å². The number of nitrogens with zero attached hydrogens (tertiary/aromatic N) is 2. The Bertz CT molecular complexity index is 565. The number of ether oxygens (including phenoxy) is 1. The minimum atomic E-state index is -0.534. The summed E-state index contributed by atoms with van der Waals surface area (Å²) in [5.74, 6) is -0.149. The van der Waals surface area contributed by atoms with Crippen molar-refractivity contribution in [2.24, 2.45) is 5.73 Å². The van der Waals surface area contributed by atoms with E-state index in [2.05, 4.69) is 10.2 Å². The van der Waals surface area contributed by atoms with E-state index >= 15 is 0 Å². The lowest BCUT2D eigenvalue weighted by molar-refractivity contribution is -0.133. The molecule has 1 aromatic rings. The molecule has 126 valence electrons. The van der Waals surface area contributed by atoms with Crippen LogP contribution in [0.3, 0.4) is 0 Å². The molecule has 2 atom stereocenters. The second kappa shape index (κ2) is 7.12. The average molecular weight is 320 g/mol. The number of hydrogen-bond acceptors (Lipinski definition) is 4. The van der Waals surface area contributed by atoms with E-state index in [1.807, 2.05) is 4.90 Å². The Balaban J connectivity index is 1.54. The van der Waals surface area contributed by atoms with Gasteiger partial charge in [-0.3, -0.25) is 14.7 Å². The van der Waals surface area contributed by atoms with E-state index in [9.17, 15) is 9.59 Å². The second-order valence-corrected chi connectivity index (χ2v) is 6.43. The van der Waals surface area contributed by atoms with Crippen molar-refractivity contribution in [3.05, 3.63) is 17.5 Å². The van der Waals surface area contributed by atoms with E-state index in [1.54, 1.807) is 6.07 Å². The lowest BCUT2D eigenvalue weighted by Crippen LogP contribution is -2.39. The summed E-state index contributed by atoms with van der Waals surface area (Å²) in [6.07, 6.45) is 5.73. The van der Waals surface area contributed by atoms with Gasteiger partial charge in [0.2, 0.25) is 5.91 Å². The normalized spacial score (nSPS) is 24.8. The molecular weight excluding hydrogens is 296 g/mol. The minimum Gasteiger partial charge on any atom is -0.378 e. The molecule has 0 spiro atoms. The molecule has 2 amide bonds. The van der Waals surface area contributed by atoms with E-state index in [0.717, 1.165) is 50.9 Å². The van der Waals surface area contributed by atoms with Gasteiger partial charge in [0.05, 0.1) is 6.10 Å². The van der Waals surface area contributed by atoms with Crippen LogP contribution in [0.4, 0.5) is 0 Å². The average Bonchev–Trinajstić information content (AvgIpc) is 3.24. The van der Waals surface area contributed by atoms with Gasteiger partial charge in [0, 0.05) is 37.7 Å². The van der Waals surface area contributed by atoms with Crippen molar-refractivity contribution < 1.29 is 14.3 Å². The number of aromatic amines is 1. The zero-order valence-corrected chi connectivity index (χ0v) is 13.3. The van der Waals surface area contributed by atoms with E-state index in [0.29, 0.717) is 13.0 Å². The maximum absolute atomic E-state index is 12.4. The predicted molar refractivity (Wildman–Crippen MR) is 83.9 cm³/mol. The fourth-order valence-electron chi connectivity index (χ4n) is 3.44. The molecule has 0 saturated carbocycles. The maximum Gasteiger partial charge on any atom is 0.269 e. The molecule has 7 heteroatoms. The monoisotopic (exact) mass is 320 g/mol. The molecule has 2 aliphatic rings. The molecule has 0 aromatic carbocycles. The fraction of sp³-hybridized carbons (Fsp3) is 0.688. The Morgan fingerprint density at radius 3 is 2.96 bits per heavy atom. The van der Waals surface area contributed by atoms with Gasteiger partial charge in [0.1, 0.15) is 5.69 Å². The van der Waals surface area contributed by atoms with Gasteiger partial charge < -0.3 is 15.4 Å². The molecule has 1 aromatic heterocycles. The smallest absolute Gasteiger partial charge is 0.269 e. The number of amides is 2. The third-order valence-corrected chi connectivity index (χ3v) is 4.77. The van der Waals surface area contributed by atoms with Gasteiger partial charge in [-0.15, -0.1) is 0 Å². The Kier molecular flexibility index (Phi) is 4.95. The van der Waals surface area contributed by atoms with E-state index < -0.39 is 5.91 Å². The van der Waals surface area contributed by atoms with Crippen molar-refractivity contribution in [2.75, 3.05) is 19.7 Å². The number of likely N-dealkylation sites (tertiary alicyclic amines) is 1. The van der Waals surface area contributed by atoms with Crippen LogP contribution in [-0.2, 0) is 9.53 Å². The van der Waals surface area contributed by atoms with Gasteiger partial charge in [0.25, 0.3) is 5.91 Å². The van der Waals surface area contributed by atoms with Crippen LogP contribution >= 0.6 is 0 Å². The number of carbonyl (C=O) groups is 2. The molecule has 23 heavy (non-hydrogen) atoms. The fourth-order valence-corrected chi connectivity index (χ4v) is 3.44. The van der Waals surface area contributed by atoms with Gasteiger partial charge in [-0.2, -0.15) is 5.10 Å². The number of H-pyrrole nitrogens is 1. The van der Waals surface area contributed by atoms with Crippen LogP contribution in [0.2, 0.25) is 0 Å². The Morgan fingerprint density at radius 2 is 2.26 bits per heavy atom. The predicted octanol–water partition coefficient (Wildman–Crippen LogP) is 1.17. The highest BCUT2D eigenvalue weighted by atomic mass is 16.5. The second-order valence-electron chi connectivity index (χ2n) is 6.43. The van der Waals surface area contributed by atoms with Gasteiger partial charge in [0.15, 0.2) is 0 Å². The number of piperidine rings is 1. The third-order valence-electron chi connectivity index (χ3n) is 4.77. The Morgan fingerprint density at radius 1 is 1.39 bits per heavy atom. The highest BCUT2D eigenvalue weighted by Crippen LogP contribution is 2.27. The molecule has 0 aliphatic carbocycles. The number of primary amides is 1. The molecule has 2 saturated heterocycles. The Labute approximate surface area is 135 Å². The first-order valence-electron chi connectivity index (χ1n) is 8.38. The molecular formula is C16H24N4O3. The van der Waals surface area contributed by atoms with Crippen molar-refractivity contribution in [1.29, 1.82) is 0 Å². The van der Waals surface area contributed by atoms with Crippen LogP contribution in [0.15, 0.2) is 6.07 Å². The first kappa shape index (κ1) is 16.0. The first-order valence-corrected chi connectivity index (χ1v) is 8.38. The SMILES string of the molecule is NC(=O)c1cc([C@H]2CCCN(C(=O)CC[C@H]3CCCO3)C2)[nH]n1. The molecule has 2 aliphatic heterocycles. The standard InChI is InChI=1S/C16H24N4O3/c17-16(22)14-9-13(18-19-14)11-3-1-7-20(10-11)15(21)6-5-12-4-2-8-23-12/h9,11-12H,1-8,10H2,(H2,17,22)(H,18,19)/t11-,12+/m0/s1. The summed E-state index contributed by atoms with van der Waals surface area (Å²) in [4.78, 5) is 25.5. The van der Waals surface area contributed by atoms with Crippen molar-refractivity contribution in [2.45, 2.75) is 50.5 Å². The molecule has 2 fully saturated rings. The molecule has 3 N–H and O–H groups in total. The lowest BCUT2D eigenvalue weighted by atomic mass is 9.94. The summed E-state index contributed by atoms with van der Waals surface area (Å²) in [5.41, 5.74) is 6.37. The number of rotatable bonds is 5. The van der Waals surface area contributed by atoms with Gasteiger partial charge >= 0.3 is 0 Å². The van der Waals surface area contributed by atoms with Crippen LogP contribution in [-0.4, -0.2) is 52.7 Å². The number of carbonyl (C=O) groups excluding carboxylic acids is 2. The van der Waals surface area contributed by atoms with Crippen LogP contribution in [0.5, 0.6) is 0 Å². The molecule has 3 heterocycles. The van der Waals surface area contributed by atoms with E-state index in [-0.39, 0.29) is 23.6 Å². The summed E-state index contributed by atoms with van der Waals surface area (Å²) in [5, 5.41) is 6.81. The van der Waals surface area contributed by atoms with Crippen molar-refractivity contribution in [3.8, 4) is 0 Å². The molecule has 0 unspecified atom stereocenters. The number of hydrogen-bond donors (Lipinski definition) is 2. The van der Waals surface area contributed by atoms with Crippen LogP contribution in [0.1, 0.15) is 60.6 Å². The summed E-state index contributed by atoms with van der Waals surface area (Å²) in [7, 11) is 0. The van der Waals surface area contributed by atoms with Crippen molar-refractivity contribution in [1.82, 2.24) is 15.1 Å². The lowest BCUT2D eigenvalue weighted by Gasteiger charge is -2.32. The number of nitrogens with one attached hydrogen (secondary N) is 1. The van der Waals surface area contributed by atoms with Gasteiger partial charge in [-0.05, 0) is 38.2 Å². The molecule has 3 rings (SSSR count). The zero-order chi connectivity index (χ0) is 16.2. The van der Waals surface area contributed by atoms with Gasteiger partial charge in [-0.25, -0.2) is 0 Å². The summed E-state index contributed by atoms with van der Waals surface area (Å²) in [6.45, 7) is 2.30. The Hall–Kier alpha value is -1.89. The van der Waals surface area contributed by atoms with E-state index in [1.165, 1.54) is 0 Å². The third kappa shape index (κ3) is 3.90. The highest BCUT2D eigenvalue weighted by molar-refractivity contribution is 5.90. The summed E-state index contributed by atoms with van der Waals surface area (Å²) in [6, 6.07) is 1.70. The zero-order valence-electron chi connectivity index (χ0n) is 13.3. The maximum atomic E-state index is 12.4. The van der Waals surface area contributed by atoms with E-state index in [4.69, 9.17) is 10.5 Å². The molecule has 0 radical (unpaired) electrons. The summed E-state index contributed by atoms with van der Waals surface area (Å²) < 4.78 is 5.58. The quantitative estimate of drug-likeness (QED) is 0.850. The largest absolute Gasteiger partial charge is 0.378 e. The van der Waals surface area contributed by atoms with Crippen molar-refractivity contribution >= 4 is 11.8 Å². The molecule has 0 bridgehead atoms. The van der Waals surface area contributed by atoms with Crippen LogP contribution in [0.25, 0.3) is 0 Å². The van der Waals surface area contributed by atoms with Crippen LogP contribution in [0, 0.1) is 0 Å². The highest BCUT2D eigenvalue weighted by Gasteiger charge is 2.27. The number of nitrogens with two attached hydrogens (primary N) is 1. The number of aromatic nitrogens is 2. The molecule has 7 nitrogen and oxygen atoms in total. The van der Waals surface area contributed by atoms with Crippen molar-refractivity contribution in [3.63, 3.8) is 0 Å². The minimum absolute atomic E-state index is 0.191. The van der Waals surface area contributed by atoms with Gasteiger partial charge in [-0.1, -0.05) is 0 Å². The summed E-state index contributed by atoms with van der Waals surface area (Å²) >= 11 is 0. The first-order chi connectivity index (χ1) is 11.1.